The first kappa shape index (κ1) is 20.2. The van der Waals surface area contributed by atoms with E-state index >= 15 is 0 Å². The molecule has 1 saturated heterocycles. The Labute approximate surface area is 160 Å². The summed E-state index contributed by atoms with van der Waals surface area (Å²) in [7, 11) is 0. The number of hydrogen-bond donors (Lipinski definition) is 2. The van der Waals surface area contributed by atoms with Crippen LogP contribution >= 0.6 is 12.4 Å². The van der Waals surface area contributed by atoms with Crippen molar-refractivity contribution in [3.63, 3.8) is 0 Å². The Morgan fingerprint density at radius 2 is 1.73 bits per heavy atom. The normalized spacial score (nSPS) is 15.1. The van der Waals surface area contributed by atoms with Crippen LogP contribution in [0.2, 0.25) is 0 Å². The van der Waals surface area contributed by atoms with Crippen LogP contribution in [-0.4, -0.2) is 36.5 Å². The van der Waals surface area contributed by atoms with Crippen LogP contribution in [-0.2, 0) is 11.4 Å². The smallest absolute Gasteiger partial charge is 0.238 e. The minimum Gasteiger partial charge on any atom is -0.489 e. The topological polar surface area (TPSA) is 67.6 Å². The SMILES string of the molecule is Cl.NC1CCN(CC(=O)Nc2ccc(OCc3ccccc3)cc2)CC1. The van der Waals surface area contributed by atoms with Crippen molar-refractivity contribution in [2.45, 2.75) is 25.5 Å². The second-order valence-electron chi connectivity index (χ2n) is 6.46. The summed E-state index contributed by atoms with van der Waals surface area (Å²) in [5.74, 6) is 0.792. The first-order chi connectivity index (χ1) is 12.2. The molecule has 26 heavy (non-hydrogen) atoms. The van der Waals surface area contributed by atoms with E-state index in [1.807, 2.05) is 54.6 Å². The fourth-order valence-electron chi connectivity index (χ4n) is 2.89. The van der Waals surface area contributed by atoms with E-state index in [0.717, 1.165) is 42.9 Å². The highest BCUT2D eigenvalue weighted by Crippen LogP contribution is 2.17. The van der Waals surface area contributed by atoms with Crippen LogP contribution in [0.25, 0.3) is 0 Å². The Hall–Kier alpha value is -2.08. The van der Waals surface area contributed by atoms with Gasteiger partial charge in [0, 0.05) is 24.8 Å². The minimum absolute atomic E-state index is 0. The Kier molecular flexibility index (Phi) is 7.91. The Morgan fingerprint density at radius 1 is 1.08 bits per heavy atom. The van der Waals surface area contributed by atoms with E-state index in [0.29, 0.717) is 13.2 Å². The molecule has 6 heteroatoms. The van der Waals surface area contributed by atoms with Gasteiger partial charge < -0.3 is 15.8 Å². The van der Waals surface area contributed by atoms with Crippen molar-refractivity contribution in [2.75, 3.05) is 25.0 Å². The lowest BCUT2D eigenvalue weighted by Gasteiger charge is -2.29. The van der Waals surface area contributed by atoms with E-state index in [-0.39, 0.29) is 24.4 Å². The summed E-state index contributed by atoms with van der Waals surface area (Å²) < 4.78 is 5.75. The fourth-order valence-corrected chi connectivity index (χ4v) is 2.89. The molecule has 0 saturated carbocycles. The van der Waals surface area contributed by atoms with Gasteiger partial charge in [0.05, 0.1) is 6.54 Å². The molecule has 1 heterocycles. The van der Waals surface area contributed by atoms with Crippen LogP contribution in [0, 0.1) is 0 Å². The summed E-state index contributed by atoms with van der Waals surface area (Å²) in [6.07, 6.45) is 1.92. The second-order valence-corrected chi connectivity index (χ2v) is 6.46. The van der Waals surface area contributed by atoms with Crippen LogP contribution in [0.1, 0.15) is 18.4 Å². The summed E-state index contributed by atoms with van der Waals surface area (Å²) in [5.41, 5.74) is 7.80. The van der Waals surface area contributed by atoms with Gasteiger partial charge in [-0.2, -0.15) is 0 Å². The number of nitrogens with zero attached hydrogens (tertiary/aromatic N) is 1. The summed E-state index contributed by atoms with van der Waals surface area (Å²) in [6.45, 7) is 2.73. The molecule has 0 aliphatic carbocycles. The number of halogens is 1. The molecule has 2 aromatic carbocycles. The van der Waals surface area contributed by atoms with Gasteiger partial charge in [-0.25, -0.2) is 0 Å². The van der Waals surface area contributed by atoms with Crippen molar-refractivity contribution in [3.8, 4) is 5.75 Å². The van der Waals surface area contributed by atoms with Gasteiger partial charge >= 0.3 is 0 Å². The maximum absolute atomic E-state index is 12.1. The van der Waals surface area contributed by atoms with Gasteiger partial charge in [0.25, 0.3) is 0 Å². The van der Waals surface area contributed by atoms with E-state index in [4.69, 9.17) is 10.5 Å². The van der Waals surface area contributed by atoms with E-state index in [2.05, 4.69) is 10.2 Å². The highest BCUT2D eigenvalue weighted by Gasteiger charge is 2.18. The van der Waals surface area contributed by atoms with Crippen molar-refractivity contribution >= 4 is 24.0 Å². The van der Waals surface area contributed by atoms with Gasteiger partial charge in [0.1, 0.15) is 12.4 Å². The van der Waals surface area contributed by atoms with Gasteiger partial charge in [-0.05, 0) is 42.7 Å². The first-order valence-corrected chi connectivity index (χ1v) is 8.73. The third-order valence-corrected chi connectivity index (χ3v) is 4.39. The number of likely N-dealkylation sites (tertiary alicyclic amines) is 1. The zero-order valence-corrected chi connectivity index (χ0v) is 15.6. The van der Waals surface area contributed by atoms with Crippen molar-refractivity contribution < 1.29 is 9.53 Å². The first-order valence-electron chi connectivity index (χ1n) is 8.73. The van der Waals surface area contributed by atoms with Crippen molar-refractivity contribution in [2.24, 2.45) is 5.73 Å². The number of piperidine rings is 1. The quantitative estimate of drug-likeness (QED) is 0.814. The average molecular weight is 376 g/mol. The molecule has 0 spiro atoms. The molecular formula is C20H26ClN3O2. The molecule has 3 rings (SSSR count). The second kappa shape index (κ2) is 10.2. The van der Waals surface area contributed by atoms with Gasteiger partial charge in [0.15, 0.2) is 0 Å². The van der Waals surface area contributed by atoms with Crippen molar-refractivity contribution in [1.82, 2.24) is 4.90 Å². The molecule has 0 atom stereocenters. The largest absolute Gasteiger partial charge is 0.489 e. The molecule has 1 fully saturated rings. The summed E-state index contributed by atoms with van der Waals surface area (Å²) >= 11 is 0. The standard InChI is InChI=1S/C20H25N3O2.ClH/c21-17-10-12-23(13-11-17)14-20(24)22-18-6-8-19(9-7-18)25-15-16-4-2-1-3-5-16;/h1-9,17H,10-15,21H2,(H,22,24);1H. The molecule has 3 N–H and O–H groups in total. The summed E-state index contributed by atoms with van der Waals surface area (Å²) in [5, 5.41) is 2.93. The minimum atomic E-state index is 0. The molecule has 1 amide bonds. The van der Waals surface area contributed by atoms with E-state index in [1.54, 1.807) is 0 Å². The lowest BCUT2D eigenvalue weighted by molar-refractivity contribution is -0.117. The van der Waals surface area contributed by atoms with E-state index < -0.39 is 0 Å². The Bertz CT molecular complexity index is 671. The zero-order valence-electron chi connectivity index (χ0n) is 14.8. The molecule has 0 radical (unpaired) electrons. The summed E-state index contributed by atoms with van der Waals surface area (Å²) in [6, 6.07) is 17.8. The number of nitrogens with one attached hydrogen (secondary N) is 1. The van der Waals surface area contributed by atoms with Crippen LogP contribution in [0.5, 0.6) is 5.75 Å². The molecular weight excluding hydrogens is 350 g/mol. The zero-order chi connectivity index (χ0) is 17.5. The number of ether oxygens (including phenoxy) is 1. The molecule has 5 nitrogen and oxygen atoms in total. The molecule has 2 aromatic rings. The van der Waals surface area contributed by atoms with E-state index in [1.165, 1.54) is 0 Å². The average Bonchev–Trinajstić information content (AvgIpc) is 2.64. The number of carbonyl (C=O) groups excluding carboxylic acids is 1. The maximum Gasteiger partial charge on any atom is 0.238 e. The number of anilines is 1. The monoisotopic (exact) mass is 375 g/mol. The van der Waals surface area contributed by atoms with Crippen LogP contribution in [0.15, 0.2) is 54.6 Å². The number of rotatable bonds is 6. The van der Waals surface area contributed by atoms with Crippen LogP contribution in [0.4, 0.5) is 5.69 Å². The summed E-state index contributed by atoms with van der Waals surface area (Å²) in [4.78, 5) is 14.3. The number of nitrogens with two attached hydrogens (primary N) is 1. The fraction of sp³-hybridized carbons (Fsp3) is 0.350. The Balaban J connectivity index is 0.00000243. The van der Waals surface area contributed by atoms with Gasteiger partial charge in [0.2, 0.25) is 5.91 Å². The number of hydrogen-bond acceptors (Lipinski definition) is 4. The third kappa shape index (κ3) is 6.33. The maximum atomic E-state index is 12.1. The van der Waals surface area contributed by atoms with E-state index in [9.17, 15) is 4.79 Å². The number of amides is 1. The molecule has 0 aromatic heterocycles. The lowest BCUT2D eigenvalue weighted by atomic mass is 10.1. The molecule has 0 unspecified atom stereocenters. The molecule has 1 aliphatic rings. The van der Waals surface area contributed by atoms with Crippen molar-refractivity contribution in [3.05, 3.63) is 60.2 Å². The predicted molar refractivity (Wildman–Crippen MR) is 107 cm³/mol. The highest BCUT2D eigenvalue weighted by atomic mass is 35.5. The highest BCUT2D eigenvalue weighted by molar-refractivity contribution is 5.92. The van der Waals surface area contributed by atoms with Crippen LogP contribution < -0.4 is 15.8 Å². The van der Waals surface area contributed by atoms with Crippen LogP contribution in [0.3, 0.4) is 0 Å². The molecule has 140 valence electrons. The third-order valence-electron chi connectivity index (χ3n) is 4.39. The lowest BCUT2D eigenvalue weighted by Crippen LogP contribution is -2.43. The number of carbonyl (C=O) groups is 1. The molecule has 1 aliphatic heterocycles. The molecule has 0 bridgehead atoms. The Morgan fingerprint density at radius 3 is 2.38 bits per heavy atom. The van der Waals surface area contributed by atoms with Gasteiger partial charge in [-0.3, -0.25) is 9.69 Å². The predicted octanol–water partition coefficient (Wildman–Crippen LogP) is 3.05. The number of benzene rings is 2. The van der Waals surface area contributed by atoms with Gasteiger partial charge in [-0.1, -0.05) is 30.3 Å². The van der Waals surface area contributed by atoms with Gasteiger partial charge in [-0.15, -0.1) is 12.4 Å². The van der Waals surface area contributed by atoms with Crippen molar-refractivity contribution in [1.29, 1.82) is 0 Å².